The van der Waals surface area contributed by atoms with Gasteiger partial charge in [-0.05, 0) is 64.4 Å². The number of carbonyl (C=O) groups excluding carboxylic acids is 1. The highest BCUT2D eigenvalue weighted by Gasteiger charge is 2.13. The molecule has 0 radical (unpaired) electrons. The minimum atomic E-state index is -0.0476. The highest BCUT2D eigenvalue weighted by atomic mass is 32.2. The number of anilines is 1. The van der Waals surface area contributed by atoms with E-state index in [1.165, 1.54) is 34.2 Å². The van der Waals surface area contributed by atoms with Crippen LogP contribution in [0.5, 0.6) is 0 Å². The summed E-state index contributed by atoms with van der Waals surface area (Å²) in [5.74, 6) is 0.232. The number of thioether (sulfide) groups is 1. The Morgan fingerprint density at radius 1 is 1.28 bits per heavy atom. The monoisotopic (exact) mass is 371 g/mol. The lowest BCUT2D eigenvalue weighted by atomic mass is 10.1. The van der Waals surface area contributed by atoms with Crippen LogP contribution >= 0.6 is 23.1 Å². The van der Waals surface area contributed by atoms with Crippen molar-refractivity contribution in [1.82, 2.24) is 20.2 Å². The Hall–Kier alpha value is -2.19. The molecule has 0 fully saturated rings. The van der Waals surface area contributed by atoms with E-state index < -0.39 is 0 Å². The van der Waals surface area contributed by atoms with Crippen LogP contribution in [0.25, 0.3) is 0 Å². The molecule has 1 aromatic carbocycles. The lowest BCUT2D eigenvalue weighted by molar-refractivity contribution is -0.113. The number of hydrogen-bond acceptors (Lipinski definition) is 6. The molecular weight excluding hydrogens is 354 g/mol. The summed E-state index contributed by atoms with van der Waals surface area (Å²) < 4.78 is 1.72. The number of amides is 1. The maximum Gasteiger partial charge on any atom is 0.234 e. The van der Waals surface area contributed by atoms with Gasteiger partial charge < -0.3 is 5.32 Å². The van der Waals surface area contributed by atoms with Crippen LogP contribution in [0.1, 0.15) is 22.4 Å². The molecule has 25 heavy (non-hydrogen) atoms. The number of hydrogen-bond donors (Lipinski definition) is 1. The van der Waals surface area contributed by atoms with Gasteiger partial charge in [0.25, 0.3) is 0 Å². The summed E-state index contributed by atoms with van der Waals surface area (Å²) in [6.45, 7) is 0.624. The van der Waals surface area contributed by atoms with E-state index in [4.69, 9.17) is 0 Å². The fraction of sp³-hybridized carbons (Fsp3) is 0.294. The second-order valence-electron chi connectivity index (χ2n) is 5.87. The molecule has 0 bridgehead atoms. The molecule has 3 aromatic rings. The third kappa shape index (κ3) is 3.91. The SMILES string of the molecule is O=C(CSc1nnnn1Cc1cccs1)Nc1ccc2c(c1)CCC2. The maximum atomic E-state index is 12.2. The summed E-state index contributed by atoms with van der Waals surface area (Å²) in [6, 6.07) is 10.2. The Labute approximate surface area is 153 Å². The topological polar surface area (TPSA) is 72.7 Å². The fourth-order valence-electron chi connectivity index (χ4n) is 2.93. The number of rotatable bonds is 6. The third-order valence-corrected chi connectivity index (χ3v) is 5.92. The summed E-state index contributed by atoms with van der Waals surface area (Å²) in [5, 5.41) is 17.4. The second kappa shape index (κ2) is 7.37. The van der Waals surface area contributed by atoms with Gasteiger partial charge in [-0.15, -0.1) is 16.4 Å². The number of tetrazole rings is 1. The number of fused-ring (bicyclic) bond motifs is 1. The average molecular weight is 371 g/mol. The van der Waals surface area contributed by atoms with E-state index in [0.29, 0.717) is 11.7 Å². The molecule has 0 spiro atoms. The molecule has 1 aliphatic rings. The van der Waals surface area contributed by atoms with Crippen molar-refractivity contribution in [1.29, 1.82) is 0 Å². The molecule has 1 N–H and O–H groups in total. The summed E-state index contributed by atoms with van der Waals surface area (Å²) in [6.07, 6.45) is 3.45. The number of benzene rings is 1. The van der Waals surface area contributed by atoms with Gasteiger partial charge in [-0.2, -0.15) is 0 Å². The number of aryl methyl sites for hydroxylation is 2. The summed E-state index contributed by atoms with van der Waals surface area (Å²) >= 11 is 3.01. The summed E-state index contributed by atoms with van der Waals surface area (Å²) in [4.78, 5) is 13.4. The molecule has 4 rings (SSSR count). The smallest absolute Gasteiger partial charge is 0.234 e. The van der Waals surface area contributed by atoms with Crippen molar-refractivity contribution in [3.8, 4) is 0 Å². The zero-order valence-corrected chi connectivity index (χ0v) is 15.1. The third-order valence-electron chi connectivity index (χ3n) is 4.10. The van der Waals surface area contributed by atoms with Gasteiger partial charge in [0.15, 0.2) is 0 Å². The van der Waals surface area contributed by atoms with Crippen LogP contribution in [0.15, 0.2) is 40.9 Å². The molecule has 1 aliphatic carbocycles. The van der Waals surface area contributed by atoms with Crippen molar-refractivity contribution in [2.24, 2.45) is 0 Å². The second-order valence-corrected chi connectivity index (χ2v) is 7.85. The first-order chi connectivity index (χ1) is 12.3. The predicted molar refractivity (Wildman–Crippen MR) is 99.1 cm³/mol. The Balaban J connectivity index is 1.34. The van der Waals surface area contributed by atoms with E-state index in [0.717, 1.165) is 18.5 Å². The molecule has 0 saturated heterocycles. The number of nitrogens with one attached hydrogen (secondary N) is 1. The van der Waals surface area contributed by atoms with Crippen LogP contribution in [0.2, 0.25) is 0 Å². The Bertz CT molecular complexity index is 875. The van der Waals surface area contributed by atoms with E-state index in [2.05, 4.69) is 33.0 Å². The molecular formula is C17H17N5OS2. The first kappa shape index (κ1) is 16.3. The van der Waals surface area contributed by atoms with Gasteiger partial charge in [-0.3, -0.25) is 4.79 Å². The number of thiophene rings is 1. The van der Waals surface area contributed by atoms with Crippen molar-refractivity contribution in [2.45, 2.75) is 31.0 Å². The van der Waals surface area contributed by atoms with E-state index in [-0.39, 0.29) is 11.7 Å². The zero-order chi connectivity index (χ0) is 17.1. The Morgan fingerprint density at radius 2 is 2.20 bits per heavy atom. The van der Waals surface area contributed by atoms with Gasteiger partial charge >= 0.3 is 0 Å². The molecule has 1 amide bonds. The first-order valence-electron chi connectivity index (χ1n) is 8.11. The van der Waals surface area contributed by atoms with Crippen molar-refractivity contribution >= 4 is 34.7 Å². The average Bonchev–Trinajstić information content (AvgIpc) is 3.35. The minimum absolute atomic E-state index is 0.0476. The minimum Gasteiger partial charge on any atom is -0.325 e. The zero-order valence-electron chi connectivity index (χ0n) is 13.5. The van der Waals surface area contributed by atoms with Gasteiger partial charge in [0.2, 0.25) is 11.1 Å². The Kier molecular flexibility index (Phi) is 4.80. The summed E-state index contributed by atoms with van der Waals surface area (Å²) in [5.41, 5.74) is 3.62. The Morgan fingerprint density at radius 3 is 3.08 bits per heavy atom. The van der Waals surface area contributed by atoms with Crippen LogP contribution in [0.3, 0.4) is 0 Å². The molecule has 8 heteroatoms. The van der Waals surface area contributed by atoms with Gasteiger partial charge in [-0.1, -0.05) is 23.9 Å². The van der Waals surface area contributed by atoms with Crippen molar-refractivity contribution in [3.05, 3.63) is 51.7 Å². The van der Waals surface area contributed by atoms with Crippen LogP contribution in [-0.4, -0.2) is 31.9 Å². The van der Waals surface area contributed by atoms with Gasteiger partial charge in [0.05, 0.1) is 12.3 Å². The van der Waals surface area contributed by atoms with E-state index in [1.807, 2.05) is 23.6 Å². The fourth-order valence-corrected chi connectivity index (χ4v) is 4.29. The highest BCUT2D eigenvalue weighted by molar-refractivity contribution is 7.99. The first-order valence-corrected chi connectivity index (χ1v) is 9.97. The lowest BCUT2D eigenvalue weighted by Gasteiger charge is -2.07. The molecule has 0 aliphatic heterocycles. The molecule has 0 unspecified atom stereocenters. The molecule has 2 aromatic heterocycles. The van der Waals surface area contributed by atoms with Crippen molar-refractivity contribution in [2.75, 3.05) is 11.1 Å². The van der Waals surface area contributed by atoms with E-state index in [1.54, 1.807) is 16.0 Å². The maximum absolute atomic E-state index is 12.2. The van der Waals surface area contributed by atoms with Gasteiger partial charge in [0.1, 0.15) is 0 Å². The van der Waals surface area contributed by atoms with Crippen LogP contribution in [0.4, 0.5) is 5.69 Å². The molecule has 128 valence electrons. The lowest BCUT2D eigenvalue weighted by Crippen LogP contribution is -2.15. The van der Waals surface area contributed by atoms with Gasteiger partial charge in [-0.25, -0.2) is 4.68 Å². The normalized spacial score (nSPS) is 13.0. The standard InChI is InChI=1S/C17H17N5OS2/c23-16(18-14-7-6-12-3-1-4-13(12)9-14)11-25-17-19-20-21-22(17)10-15-5-2-8-24-15/h2,5-9H,1,3-4,10-11H2,(H,18,23). The van der Waals surface area contributed by atoms with Crippen molar-refractivity contribution < 1.29 is 4.79 Å². The highest BCUT2D eigenvalue weighted by Crippen LogP contribution is 2.25. The quantitative estimate of drug-likeness (QED) is 0.675. The van der Waals surface area contributed by atoms with Crippen LogP contribution in [-0.2, 0) is 24.2 Å². The number of carbonyl (C=O) groups is 1. The van der Waals surface area contributed by atoms with E-state index in [9.17, 15) is 4.79 Å². The molecule has 2 heterocycles. The predicted octanol–water partition coefficient (Wildman–Crippen LogP) is 3.00. The largest absolute Gasteiger partial charge is 0.325 e. The van der Waals surface area contributed by atoms with Crippen LogP contribution in [0, 0.1) is 0 Å². The van der Waals surface area contributed by atoms with Gasteiger partial charge in [0, 0.05) is 10.6 Å². The van der Waals surface area contributed by atoms with E-state index >= 15 is 0 Å². The summed E-state index contributed by atoms with van der Waals surface area (Å²) in [7, 11) is 0. The van der Waals surface area contributed by atoms with Crippen LogP contribution < -0.4 is 5.32 Å². The molecule has 0 saturated carbocycles. The number of nitrogens with zero attached hydrogens (tertiary/aromatic N) is 4. The van der Waals surface area contributed by atoms with Crippen molar-refractivity contribution in [3.63, 3.8) is 0 Å². The molecule has 0 atom stereocenters. The number of aromatic nitrogens is 4. The molecule has 6 nitrogen and oxygen atoms in total.